The lowest BCUT2D eigenvalue weighted by atomic mass is 10.3. The molecule has 1 aromatic heterocycles. The number of halogens is 2. The van der Waals surface area contributed by atoms with Crippen LogP contribution < -0.4 is 10.5 Å². The zero-order valence-corrected chi connectivity index (χ0v) is 9.46. The molecular formula is C11H12F2N4O. The number of hydrogen-bond donors (Lipinski definition) is 1. The van der Waals surface area contributed by atoms with Crippen LogP contribution >= 0.6 is 0 Å². The summed E-state index contributed by atoms with van der Waals surface area (Å²) in [6.07, 6.45) is 2.22. The van der Waals surface area contributed by atoms with Crippen molar-refractivity contribution in [3.05, 3.63) is 36.2 Å². The molecule has 0 spiro atoms. The van der Waals surface area contributed by atoms with Crippen LogP contribution in [0.25, 0.3) is 5.69 Å². The molecule has 0 radical (unpaired) electrons. The number of nitrogens with zero attached hydrogens (tertiary/aromatic N) is 3. The van der Waals surface area contributed by atoms with Gasteiger partial charge in [0.25, 0.3) is 0 Å². The highest BCUT2D eigenvalue weighted by molar-refractivity contribution is 5.45. The molecule has 5 nitrogen and oxygen atoms in total. The number of hydrogen-bond acceptors (Lipinski definition) is 4. The van der Waals surface area contributed by atoms with Crippen molar-refractivity contribution in [2.24, 2.45) is 5.73 Å². The highest BCUT2D eigenvalue weighted by Crippen LogP contribution is 2.23. The first kappa shape index (κ1) is 12.4. The molecule has 1 heterocycles. The second kappa shape index (κ2) is 5.54. The summed E-state index contributed by atoms with van der Waals surface area (Å²) in [6.45, 7) is -2.42. The van der Waals surface area contributed by atoms with Crippen LogP contribution in [0.2, 0.25) is 0 Å². The molecule has 0 unspecified atom stereocenters. The maximum Gasteiger partial charge on any atom is 0.387 e. The highest BCUT2D eigenvalue weighted by atomic mass is 19.3. The third-order valence-corrected chi connectivity index (χ3v) is 2.27. The summed E-state index contributed by atoms with van der Waals surface area (Å²) in [5, 5.41) is 7.75. The van der Waals surface area contributed by atoms with Crippen molar-refractivity contribution in [2.45, 2.75) is 13.0 Å². The number of ether oxygens (including phenoxy) is 1. The molecule has 0 amide bonds. The number of rotatable bonds is 5. The van der Waals surface area contributed by atoms with Gasteiger partial charge in [-0.05, 0) is 18.7 Å². The fourth-order valence-corrected chi connectivity index (χ4v) is 1.52. The van der Waals surface area contributed by atoms with Crippen molar-refractivity contribution in [3.63, 3.8) is 0 Å². The Bertz CT molecular complexity index is 515. The number of aromatic nitrogens is 3. The molecule has 2 rings (SSSR count). The van der Waals surface area contributed by atoms with Gasteiger partial charge in [-0.25, -0.2) is 4.68 Å². The number of nitrogens with two attached hydrogens (primary N) is 1. The lowest BCUT2D eigenvalue weighted by molar-refractivity contribution is -0.0499. The summed E-state index contributed by atoms with van der Waals surface area (Å²) in [7, 11) is 0. The van der Waals surface area contributed by atoms with Gasteiger partial charge in [-0.3, -0.25) is 0 Å². The van der Waals surface area contributed by atoms with Crippen molar-refractivity contribution in [1.82, 2.24) is 15.0 Å². The molecule has 96 valence electrons. The molecular weight excluding hydrogens is 242 g/mol. The van der Waals surface area contributed by atoms with Gasteiger partial charge in [0, 0.05) is 6.42 Å². The molecule has 7 heteroatoms. The van der Waals surface area contributed by atoms with Crippen LogP contribution in [0.15, 0.2) is 30.5 Å². The zero-order chi connectivity index (χ0) is 13.0. The predicted octanol–water partition coefficient (Wildman–Crippen LogP) is 1.37. The average Bonchev–Trinajstić information content (AvgIpc) is 2.78. The maximum atomic E-state index is 12.3. The normalized spacial score (nSPS) is 10.9. The van der Waals surface area contributed by atoms with E-state index < -0.39 is 6.61 Å². The van der Waals surface area contributed by atoms with E-state index in [1.54, 1.807) is 24.4 Å². The van der Waals surface area contributed by atoms with Gasteiger partial charge in [0.15, 0.2) is 5.75 Å². The Kier molecular flexibility index (Phi) is 3.83. The molecule has 0 saturated carbocycles. The fourth-order valence-electron chi connectivity index (χ4n) is 1.52. The van der Waals surface area contributed by atoms with Crippen LogP contribution in [0, 0.1) is 0 Å². The molecule has 0 fully saturated rings. The minimum Gasteiger partial charge on any atom is -0.433 e. The van der Waals surface area contributed by atoms with Crippen molar-refractivity contribution < 1.29 is 13.5 Å². The maximum absolute atomic E-state index is 12.3. The van der Waals surface area contributed by atoms with E-state index in [9.17, 15) is 8.78 Å². The molecule has 2 N–H and O–H groups in total. The third kappa shape index (κ3) is 2.80. The van der Waals surface area contributed by atoms with Gasteiger partial charge in [-0.2, -0.15) is 8.78 Å². The van der Waals surface area contributed by atoms with Crippen LogP contribution in [-0.2, 0) is 6.42 Å². The van der Waals surface area contributed by atoms with Crippen LogP contribution in [0.3, 0.4) is 0 Å². The summed E-state index contributed by atoms with van der Waals surface area (Å²) in [5.41, 5.74) is 6.51. The number of alkyl halides is 2. The summed E-state index contributed by atoms with van der Waals surface area (Å²) in [4.78, 5) is 0. The lowest BCUT2D eigenvalue weighted by Crippen LogP contribution is -2.06. The smallest absolute Gasteiger partial charge is 0.387 e. The second-order valence-electron chi connectivity index (χ2n) is 3.54. The lowest BCUT2D eigenvalue weighted by Gasteiger charge is -2.09. The predicted molar refractivity (Wildman–Crippen MR) is 60.7 cm³/mol. The van der Waals surface area contributed by atoms with E-state index in [1.807, 2.05) is 0 Å². The van der Waals surface area contributed by atoms with Crippen LogP contribution in [0.4, 0.5) is 8.78 Å². The summed E-state index contributed by atoms with van der Waals surface area (Å²) < 4.78 is 30.3. The van der Waals surface area contributed by atoms with Crippen molar-refractivity contribution in [3.8, 4) is 11.4 Å². The van der Waals surface area contributed by atoms with E-state index in [2.05, 4.69) is 15.0 Å². The van der Waals surface area contributed by atoms with Crippen molar-refractivity contribution >= 4 is 0 Å². The first-order chi connectivity index (χ1) is 8.70. The SMILES string of the molecule is NCCc1cn(-c2ccccc2OC(F)F)nn1. The zero-order valence-electron chi connectivity index (χ0n) is 9.46. The van der Waals surface area contributed by atoms with Gasteiger partial charge in [0.05, 0.1) is 11.9 Å². The van der Waals surface area contributed by atoms with Crippen LogP contribution in [0.5, 0.6) is 5.75 Å². The van der Waals surface area contributed by atoms with Gasteiger partial charge >= 0.3 is 6.61 Å². The Balaban J connectivity index is 2.30. The van der Waals surface area contributed by atoms with Crippen LogP contribution in [-0.4, -0.2) is 28.2 Å². The summed E-state index contributed by atoms with van der Waals surface area (Å²) in [5.74, 6) is 0.0525. The second-order valence-corrected chi connectivity index (χ2v) is 3.54. The topological polar surface area (TPSA) is 66.0 Å². The van der Waals surface area contributed by atoms with Crippen molar-refractivity contribution in [2.75, 3.05) is 6.54 Å². The van der Waals surface area contributed by atoms with Gasteiger partial charge in [0.1, 0.15) is 5.69 Å². The molecule has 0 aliphatic rings. The molecule has 0 bridgehead atoms. The van der Waals surface area contributed by atoms with E-state index in [4.69, 9.17) is 5.73 Å². The van der Waals surface area contributed by atoms with E-state index in [0.29, 0.717) is 24.3 Å². The quantitative estimate of drug-likeness (QED) is 0.875. The Hall–Kier alpha value is -2.02. The van der Waals surface area contributed by atoms with Gasteiger partial charge < -0.3 is 10.5 Å². The molecule has 0 saturated heterocycles. The standard InChI is InChI=1S/C11H12F2N4O/c12-11(13)18-10-4-2-1-3-9(10)17-7-8(5-6-14)15-16-17/h1-4,7,11H,5-6,14H2. The molecule has 2 aromatic rings. The number of para-hydroxylation sites is 2. The molecule has 18 heavy (non-hydrogen) atoms. The van der Waals surface area contributed by atoms with Crippen molar-refractivity contribution in [1.29, 1.82) is 0 Å². The molecule has 0 aliphatic carbocycles. The van der Waals surface area contributed by atoms with Gasteiger partial charge in [-0.15, -0.1) is 5.10 Å². The Morgan fingerprint density at radius 3 is 2.83 bits per heavy atom. The first-order valence-corrected chi connectivity index (χ1v) is 5.36. The minimum atomic E-state index is -2.88. The van der Waals surface area contributed by atoms with E-state index in [0.717, 1.165) is 0 Å². The Labute approximate surface area is 102 Å². The fraction of sp³-hybridized carbons (Fsp3) is 0.273. The van der Waals surface area contributed by atoms with E-state index >= 15 is 0 Å². The largest absolute Gasteiger partial charge is 0.433 e. The third-order valence-electron chi connectivity index (χ3n) is 2.27. The average molecular weight is 254 g/mol. The summed E-state index contributed by atoms with van der Waals surface area (Å²) in [6, 6.07) is 6.39. The van der Waals surface area contributed by atoms with E-state index in [1.165, 1.54) is 10.7 Å². The van der Waals surface area contributed by atoms with Gasteiger partial charge in [0.2, 0.25) is 0 Å². The summed E-state index contributed by atoms with van der Waals surface area (Å²) >= 11 is 0. The molecule has 0 aliphatic heterocycles. The van der Waals surface area contributed by atoms with Crippen LogP contribution in [0.1, 0.15) is 5.69 Å². The van der Waals surface area contributed by atoms with E-state index in [-0.39, 0.29) is 5.75 Å². The molecule has 1 aromatic carbocycles. The Morgan fingerprint density at radius 1 is 1.33 bits per heavy atom. The Morgan fingerprint density at radius 2 is 2.11 bits per heavy atom. The molecule has 0 atom stereocenters. The highest BCUT2D eigenvalue weighted by Gasteiger charge is 2.11. The monoisotopic (exact) mass is 254 g/mol. The number of benzene rings is 1. The van der Waals surface area contributed by atoms with Gasteiger partial charge in [-0.1, -0.05) is 17.3 Å². The first-order valence-electron chi connectivity index (χ1n) is 5.36. The minimum absolute atomic E-state index is 0.0525.